The van der Waals surface area contributed by atoms with Crippen LogP contribution in [0.15, 0.2) is 23.1 Å². The second-order valence-corrected chi connectivity index (χ2v) is 5.52. The Balaban J connectivity index is 3.19. The number of alkyl halides is 3. The van der Waals surface area contributed by atoms with Gasteiger partial charge in [-0.15, -0.1) is 13.2 Å². The van der Waals surface area contributed by atoms with E-state index in [1.165, 1.54) is 0 Å². The number of rotatable bonds is 2. The van der Waals surface area contributed by atoms with Crippen LogP contribution in [0.3, 0.4) is 0 Å². The van der Waals surface area contributed by atoms with Crippen molar-refractivity contribution in [2.75, 3.05) is 0 Å². The molecule has 0 saturated heterocycles. The molecule has 1 rings (SSSR count). The maximum absolute atomic E-state index is 11.9. The Bertz CT molecular complexity index is 500. The Labute approximate surface area is 103 Å². The summed E-state index contributed by atoms with van der Waals surface area (Å²) in [6, 6.07) is 2.90. The van der Waals surface area contributed by atoms with Gasteiger partial charge in [0.05, 0.1) is 4.90 Å². The van der Waals surface area contributed by atoms with Crippen molar-refractivity contribution in [1.29, 1.82) is 0 Å². The first-order chi connectivity index (χ1) is 7.08. The van der Waals surface area contributed by atoms with E-state index in [9.17, 15) is 21.6 Å². The van der Waals surface area contributed by atoms with Gasteiger partial charge in [0.25, 0.3) is 0 Å². The van der Waals surface area contributed by atoms with E-state index in [1.807, 2.05) is 0 Å². The summed E-state index contributed by atoms with van der Waals surface area (Å²) in [4.78, 5) is -0.432. The molecule has 0 bridgehead atoms. The van der Waals surface area contributed by atoms with E-state index in [0.717, 1.165) is 12.1 Å². The molecule has 0 saturated carbocycles. The zero-order valence-electron chi connectivity index (χ0n) is 7.45. The van der Waals surface area contributed by atoms with Crippen LogP contribution in [-0.2, 0) is 10.0 Å². The Morgan fingerprint density at radius 1 is 1.25 bits per heavy atom. The van der Waals surface area contributed by atoms with Crippen molar-refractivity contribution in [3.63, 3.8) is 0 Å². The van der Waals surface area contributed by atoms with Crippen molar-refractivity contribution < 1.29 is 26.3 Å². The average Bonchev–Trinajstić information content (AvgIpc) is 1.97. The molecule has 0 fully saturated rings. The first-order valence-electron chi connectivity index (χ1n) is 3.67. The van der Waals surface area contributed by atoms with Gasteiger partial charge in [0.1, 0.15) is 5.75 Å². The van der Waals surface area contributed by atoms with Gasteiger partial charge in [-0.25, -0.2) is 13.6 Å². The van der Waals surface area contributed by atoms with Crippen LogP contribution in [0.4, 0.5) is 13.2 Å². The second kappa shape index (κ2) is 4.37. The molecule has 2 N–H and O–H groups in total. The third-order valence-electron chi connectivity index (χ3n) is 1.41. The molecule has 0 aliphatic heterocycles. The van der Waals surface area contributed by atoms with Crippen LogP contribution in [0.25, 0.3) is 0 Å². The maximum Gasteiger partial charge on any atom is 0.573 e. The lowest BCUT2D eigenvalue weighted by Gasteiger charge is -2.10. The summed E-state index contributed by atoms with van der Waals surface area (Å²) < 4.78 is 61.4. The van der Waals surface area contributed by atoms with Gasteiger partial charge in [0.15, 0.2) is 0 Å². The van der Waals surface area contributed by atoms with Gasteiger partial charge in [0, 0.05) is 9.64 Å². The van der Waals surface area contributed by atoms with Crippen molar-refractivity contribution >= 4 is 32.6 Å². The number of nitrogens with two attached hydrogens (primary N) is 1. The van der Waals surface area contributed by atoms with Crippen molar-refractivity contribution in [1.82, 2.24) is 0 Å². The molecule has 0 radical (unpaired) electrons. The topological polar surface area (TPSA) is 69.4 Å². The van der Waals surface area contributed by atoms with E-state index in [2.05, 4.69) is 4.74 Å². The molecule has 0 aliphatic rings. The Kier molecular flexibility index (Phi) is 3.69. The number of ether oxygens (including phenoxy) is 1. The average molecular weight is 367 g/mol. The highest BCUT2D eigenvalue weighted by molar-refractivity contribution is 14.1. The van der Waals surface area contributed by atoms with Crippen molar-refractivity contribution in [2.24, 2.45) is 5.14 Å². The van der Waals surface area contributed by atoms with Gasteiger partial charge >= 0.3 is 6.36 Å². The standard InChI is InChI=1S/C7H5F3INO3S/c8-7(9,10)15-5-1-4(11)2-6(3-5)16(12,13)14/h1-3H,(H2,12,13,14). The molecular formula is C7H5F3INO3S. The fourth-order valence-corrected chi connectivity index (χ4v) is 2.32. The van der Waals surface area contributed by atoms with Gasteiger partial charge in [-0.3, -0.25) is 0 Å². The first kappa shape index (κ1) is 13.5. The summed E-state index contributed by atoms with van der Waals surface area (Å²) in [5.41, 5.74) is 0. The smallest absolute Gasteiger partial charge is 0.406 e. The van der Waals surface area contributed by atoms with E-state index < -0.39 is 27.0 Å². The number of sulfonamides is 1. The summed E-state index contributed by atoms with van der Waals surface area (Å²) in [5.74, 6) is -0.622. The molecule has 0 atom stereocenters. The van der Waals surface area contributed by atoms with Crippen molar-refractivity contribution in [3.8, 4) is 5.75 Å². The van der Waals surface area contributed by atoms with Gasteiger partial charge in [0.2, 0.25) is 10.0 Å². The highest BCUT2D eigenvalue weighted by atomic mass is 127. The summed E-state index contributed by atoms with van der Waals surface area (Å²) in [6.45, 7) is 0. The van der Waals surface area contributed by atoms with E-state index >= 15 is 0 Å². The molecule has 1 aromatic carbocycles. The highest BCUT2D eigenvalue weighted by Gasteiger charge is 2.31. The SMILES string of the molecule is NS(=O)(=O)c1cc(I)cc(OC(F)(F)F)c1. The normalized spacial score (nSPS) is 12.6. The lowest BCUT2D eigenvalue weighted by molar-refractivity contribution is -0.274. The molecule has 90 valence electrons. The molecule has 9 heteroatoms. The fraction of sp³-hybridized carbons (Fsp3) is 0.143. The Hall–Kier alpha value is -0.550. The van der Waals surface area contributed by atoms with Crippen LogP contribution in [0, 0.1) is 3.57 Å². The van der Waals surface area contributed by atoms with Crippen LogP contribution in [0.5, 0.6) is 5.75 Å². The number of halogens is 4. The molecule has 0 amide bonds. The lowest BCUT2D eigenvalue weighted by atomic mass is 10.3. The molecule has 0 unspecified atom stereocenters. The zero-order valence-corrected chi connectivity index (χ0v) is 10.4. The van der Waals surface area contributed by atoms with E-state index in [0.29, 0.717) is 6.07 Å². The zero-order chi connectivity index (χ0) is 12.6. The summed E-state index contributed by atoms with van der Waals surface area (Å²) in [5, 5.41) is 4.79. The molecule has 0 aromatic heterocycles. The monoisotopic (exact) mass is 367 g/mol. The van der Waals surface area contributed by atoms with Crippen LogP contribution in [0.1, 0.15) is 0 Å². The predicted octanol–water partition coefficient (Wildman–Crippen LogP) is 1.84. The van der Waals surface area contributed by atoms with Gasteiger partial charge in [-0.2, -0.15) is 0 Å². The van der Waals surface area contributed by atoms with E-state index in [-0.39, 0.29) is 3.57 Å². The first-order valence-corrected chi connectivity index (χ1v) is 6.29. The van der Waals surface area contributed by atoms with Crippen LogP contribution in [0.2, 0.25) is 0 Å². The van der Waals surface area contributed by atoms with Crippen LogP contribution >= 0.6 is 22.6 Å². The molecule has 1 aromatic rings. The molecule has 0 aliphatic carbocycles. The Morgan fingerprint density at radius 2 is 1.81 bits per heavy atom. The van der Waals surface area contributed by atoms with Gasteiger partial charge < -0.3 is 4.74 Å². The number of benzene rings is 1. The summed E-state index contributed by atoms with van der Waals surface area (Å²) >= 11 is 1.66. The largest absolute Gasteiger partial charge is 0.573 e. The number of primary sulfonamides is 1. The minimum atomic E-state index is -4.87. The second-order valence-electron chi connectivity index (χ2n) is 2.72. The van der Waals surface area contributed by atoms with Crippen molar-refractivity contribution in [2.45, 2.75) is 11.3 Å². The van der Waals surface area contributed by atoms with Crippen LogP contribution < -0.4 is 9.88 Å². The third-order valence-corrected chi connectivity index (χ3v) is 2.92. The molecule has 4 nitrogen and oxygen atoms in total. The van der Waals surface area contributed by atoms with E-state index in [1.54, 1.807) is 22.6 Å². The van der Waals surface area contributed by atoms with Crippen LogP contribution in [-0.4, -0.2) is 14.8 Å². The molecule has 16 heavy (non-hydrogen) atoms. The molecule has 0 spiro atoms. The predicted molar refractivity (Wildman–Crippen MR) is 57.2 cm³/mol. The van der Waals surface area contributed by atoms with Crippen molar-refractivity contribution in [3.05, 3.63) is 21.8 Å². The Morgan fingerprint density at radius 3 is 2.25 bits per heavy atom. The minimum absolute atomic E-state index is 0.267. The quantitative estimate of drug-likeness (QED) is 0.812. The maximum atomic E-state index is 11.9. The molecular weight excluding hydrogens is 362 g/mol. The van der Waals surface area contributed by atoms with Gasteiger partial charge in [-0.05, 0) is 34.7 Å². The summed E-state index contributed by atoms with van der Waals surface area (Å²) in [7, 11) is -4.06. The van der Waals surface area contributed by atoms with E-state index in [4.69, 9.17) is 5.14 Å². The number of hydrogen-bond acceptors (Lipinski definition) is 3. The summed E-state index contributed by atoms with van der Waals surface area (Å²) in [6.07, 6.45) is -4.87. The minimum Gasteiger partial charge on any atom is -0.406 e. The molecule has 0 heterocycles. The number of hydrogen-bond donors (Lipinski definition) is 1. The van der Waals surface area contributed by atoms with Gasteiger partial charge in [-0.1, -0.05) is 0 Å². The third kappa shape index (κ3) is 4.14. The lowest BCUT2D eigenvalue weighted by Crippen LogP contribution is -2.18. The highest BCUT2D eigenvalue weighted by Crippen LogP contribution is 2.26. The fourth-order valence-electron chi connectivity index (χ4n) is 0.894.